The molecule has 152 valence electrons. The van der Waals surface area contributed by atoms with E-state index in [0.717, 1.165) is 5.56 Å². The van der Waals surface area contributed by atoms with Crippen molar-refractivity contribution in [2.45, 2.75) is 24.9 Å². The van der Waals surface area contributed by atoms with Gasteiger partial charge in [-0.25, -0.2) is 0 Å². The molecule has 4 heterocycles. The third-order valence-electron chi connectivity index (χ3n) is 5.61. The van der Waals surface area contributed by atoms with Gasteiger partial charge in [0.2, 0.25) is 5.91 Å². The number of carbonyl (C=O) groups is 2. The second kappa shape index (κ2) is 8.16. The first-order chi connectivity index (χ1) is 14.0. The molecule has 0 radical (unpaired) electrons. The molecule has 0 atom stereocenters. The fourth-order valence-electron chi connectivity index (χ4n) is 3.99. The second-order valence-corrected chi connectivity index (χ2v) is 7.61. The summed E-state index contributed by atoms with van der Waals surface area (Å²) in [5, 5.41) is 9.55. The van der Waals surface area contributed by atoms with E-state index in [1.807, 2.05) is 17.0 Å². The summed E-state index contributed by atoms with van der Waals surface area (Å²) in [6.07, 6.45) is 7.84. The van der Waals surface area contributed by atoms with Crippen LogP contribution in [0.25, 0.3) is 0 Å². The monoisotopic (exact) mass is 396 g/mol. The maximum Gasteiger partial charge on any atom is 0.255 e. The standard InChI is InChI=1S/C21H24N4O4/c26-18-11-17(13-23-14-18)20(28)24-6-3-21(4-7-24)15-25(8-9-29-21)19(27)10-16-2-1-5-22-12-16/h1-2,5,11-14,26H,3-4,6-10,15H2. The molecule has 29 heavy (non-hydrogen) atoms. The zero-order chi connectivity index (χ0) is 20.3. The third kappa shape index (κ3) is 4.37. The van der Waals surface area contributed by atoms with E-state index in [0.29, 0.717) is 57.6 Å². The van der Waals surface area contributed by atoms with Gasteiger partial charge in [0.25, 0.3) is 5.91 Å². The van der Waals surface area contributed by atoms with E-state index in [1.165, 1.54) is 18.5 Å². The van der Waals surface area contributed by atoms with Crippen molar-refractivity contribution >= 4 is 11.8 Å². The molecule has 0 aromatic carbocycles. The molecule has 8 nitrogen and oxygen atoms in total. The van der Waals surface area contributed by atoms with Crippen LogP contribution in [0.3, 0.4) is 0 Å². The summed E-state index contributed by atoms with van der Waals surface area (Å²) in [6, 6.07) is 5.16. The molecule has 0 saturated carbocycles. The second-order valence-electron chi connectivity index (χ2n) is 7.61. The highest BCUT2D eigenvalue weighted by molar-refractivity contribution is 5.94. The Balaban J connectivity index is 1.36. The Morgan fingerprint density at radius 3 is 2.66 bits per heavy atom. The van der Waals surface area contributed by atoms with Crippen LogP contribution < -0.4 is 0 Å². The average molecular weight is 396 g/mol. The van der Waals surface area contributed by atoms with E-state index < -0.39 is 5.60 Å². The van der Waals surface area contributed by atoms with Crippen molar-refractivity contribution in [1.82, 2.24) is 19.8 Å². The molecular formula is C21H24N4O4. The van der Waals surface area contributed by atoms with Gasteiger partial charge in [-0.15, -0.1) is 0 Å². The Kier molecular flexibility index (Phi) is 5.44. The van der Waals surface area contributed by atoms with Gasteiger partial charge in [0.05, 0.1) is 30.4 Å². The van der Waals surface area contributed by atoms with Crippen LogP contribution in [-0.2, 0) is 16.0 Å². The Bertz CT molecular complexity index is 881. The van der Waals surface area contributed by atoms with Crippen molar-refractivity contribution in [1.29, 1.82) is 0 Å². The number of pyridine rings is 2. The lowest BCUT2D eigenvalue weighted by molar-refractivity contribution is -0.157. The zero-order valence-corrected chi connectivity index (χ0v) is 16.2. The topological polar surface area (TPSA) is 95.9 Å². The SMILES string of the molecule is O=C(Cc1cccnc1)N1CCOC2(CCN(C(=O)c3cncc(O)c3)CC2)C1. The fourth-order valence-corrected chi connectivity index (χ4v) is 3.99. The van der Waals surface area contributed by atoms with Crippen molar-refractivity contribution < 1.29 is 19.4 Å². The summed E-state index contributed by atoms with van der Waals surface area (Å²) in [5.41, 5.74) is 0.869. The summed E-state index contributed by atoms with van der Waals surface area (Å²) < 4.78 is 6.09. The first-order valence-electron chi connectivity index (χ1n) is 9.79. The van der Waals surface area contributed by atoms with Crippen molar-refractivity contribution in [3.63, 3.8) is 0 Å². The molecule has 2 saturated heterocycles. The van der Waals surface area contributed by atoms with Crippen LogP contribution in [0.4, 0.5) is 0 Å². The minimum absolute atomic E-state index is 0.0253. The molecule has 2 aromatic heterocycles. The summed E-state index contributed by atoms with van der Waals surface area (Å²) >= 11 is 0. The minimum Gasteiger partial charge on any atom is -0.506 e. The normalized spacial score (nSPS) is 18.6. The summed E-state index contributed by atoms with van der Waals surface area (Å²) in [7, 11) is 0. The highest BCUT2D eigenvalue weighted by Gasteiger charge is 2.41. The van der Waals surface area contributed by atoms with E-state index >= 15 is 0 Å². The van der Waals surface area contributed by atoms with Gasteiger partial charge >= 0.3 is 0 Å². The van der Waals surface area contributed by atoms with E-state index in [9.17, 15) is 14.7 Å². The van der Waals surface area contributed by atoms with Crippen molar-refractivity contribution in [3.05, 3.63) is 54.1 Å². The Hall–Kier alpha value is -3.00. The minimum atomic E-state index is -0.406. The van der Waals surface area contributed by atoms with Gasteiger partial charge in [0.1, 0.15) is 5.75 Å². The predicted octanol–water partition coefficient (Wildman–Crippen LogP) is 1.26. The Morgan fingerprint density at radius 1 is 1.10 bits per heavy atom. The van der Waals surface area contributed by atoms with Gasteiger partial charge in [-0.3, -0.25) is 19.6 Å². The Morgan fingerprint density at radius 2 is 1.93 bits per heavy atom. The molecule has 0 unspecified atom stereocenters. The molecule has 1 spiro atoms. The lowest BCUT2D eigenvalue weighted by Gasteiger charge is -2.47. The molecule has 2 fully saturated rings. The molecule has 2 aromatic rings. The van der Waals surface area contributed by atoms with E-state index in [1.54, 1.807) is 17.3 Å². The van der Waals surface area contributed by atoms with Crippen LogP contribution in [0, 0.1) is 0 Å². The smallest absolute Gasteiger partial charge is 0.255 e. The number of morpholine rings is 1. The summed E-state index contributed by atoms with van der Waals surface area (Å²) in [6.45, 7) is 2.71. The maximum atomic E-state index is 12.7. The van der Waals surface area contributed by atoms with Gasteiger partial charge in [0, 0.05) is 44.8 Å². The lowest BCUT2D eigenvalue weighted by atomic mass is 9.89. The molecular weight excluding hydrogens is 372 g/mol. The summed E-state index contributed by atoms with van der Waals surface area (Å²) in [5.74, 6) is -0.101. The van der Waals surface area contributed by atoms with E-state index in [4.69, 9.17) is 4.74 Å². The highest BCUT2D eigenvalue weighted by atomic mass is 16.5. The maximum absolute atomic E-state index is 12.7. The number of carbonyl (C=O) groups excluding carboxylic acids is 2. The summed E-state index contributed by atoms with van der Waals surface area (Å²) in [4.78, 5) is 37.0. The first kappa shape index (κ1) is 19.3. The molecule has 2 aliphatic rings. The number of nitrogens with zero attached hydrogens (tertiary/aromatic N) is 4. The largest absolute Gasteiger partial charge is 0.506 e. The number of likely N-dealkylation sites (tertiary alicyclic amines) is 1. The average Bonchev–Trinajstić information content (AvgIpc) is 2.75. The molecule has 2 aliphatic heterocycles. The number of rotatable bonds is 3. The van der Waals surface area contributed by atoms with Crippen LogP contribution >= 0.6 is 0 Å². The molecule has 2 amide bonds. The van der Waals surface area contributed by atoms with Gasteiger partial charge < -0.3 is 19.6 Å². The van der Waals surface area contributed by atoms with E-state index in [-0.39, 0.29) is 17.6 Å². The number of ether oxygens (including phenoxy) is 1. The molecule has 0 aliphatic carbocycles. The van der Waals surface area contributed by atoms with Crippen molar-refractivity contribution in [2.75, 3.05) is 32.8 Å². The number of amides is 2. The zero-order valence-electron chi connectivity index (χ0n) is 16.2. The number of hydrogen-bond acceptors (Lipinski definition) is 6. The molecule has 4 rings (SSSR count). The quantitative estimate of drug-likeness (QED) is 0.839. The first-order valence-corrected chi connectivity index (χ1v) is 9.79. The number of piperidine rings is 1. The van der Waals surface area contributed by atoms with Crippen LogP contribution in [0.5, 0.6) is 5.75 Å². The number of hydrogen-bond donors (Lipinski definition) is 1. The van der Waals surface area contributed by atoms with Crippen LogP contribution in [0.15, 0.2) is 43.0 Å². The van der Waals surface area contributed by atoms with Gasteiger partial charge in [-0.1, -0.05) is 6.07 Å². The molecule has 0 bridgehead atoms. The van der Waals surface area contributed by atoms with E-state index in [2.05, 4.69) is 9.97 Å². The van der Waals surface area contributed by atoms with Gasteiger partial charge in [0.15, 0.2) is 0 Å². The predicted molar refractivity (Wildman–Crippen MR) is 104 cm³/mol. The van der Waals surface area contributed by atoms with Crippen LogP contribution in [0.2, 0.25) is 0 Å². The molecule has 1 N–H and O–H groups in total. The third-order valence-corrected chi connectivity index (χ3v) is 5.61. The van der Waals surface area contributed by atoms with Crippen LogP contribution in [-0.4, -0.2) is 75.1 Å². The fraction of sp³-hybridized carbons (Fsp3) is 0.429. The highest BCUT2D eigenvalue weighted by Crippen LogP contribution is 2.31. The Labute approximate surface area is 169 Å². The van der Waals surface area contributed by atoms with Crippen molar-refractivity contribution in [3.8, 4) is 5.75 Å². The van der Waals surface area contributed by atoms with Crippen LogP contribution in [0.1, 0.15) is 28.8 Å². The van der Waals surface area contributed by atoms with Gasteiger partial charge in [-0.2, -0.15) is 0 Å². The lowest BCUT2D eigenvalue weighted by Crippen LogP contribution is -2.58. The molecule has 8 heteroatoms. The van der Waals surface area contributed by atoms with Gasteiger partial charge in [-0.05, 0) is 30.5 Å². The number of aromatic nitrogens is 2. The van der Waals surface area contributed by atoms with Crippen molar-refractivity contribution in [2.24, 2.45) is 0 Å². The number of aromatic hydroxyl groups is 1.